The van der Waals surface area contributed by atoms with Gasteiger partial charge in [0.25, 0.3) is 0 Å². The molecule has 0 amide bonds. The van der Waals surface area contributed by atoms with Gasteiger partial charge in [-0.2, -0.15) is 0 Å². The van der Waals surface area contributed by atoms with E-state index in [0.29, 0.717) is 12.2 Å². The van der Waals surface area contributed by atoms with Crippen molar-refractivity contribution in [1.82, 2.24) is 4.98 Å². The van der Waals surface area contributed by atoms with E-state index in [4.69, 9.17) is 0 Å². The number of phenolic OH excluding ortho intramolecular Hbond substituents is 1. The van der Waals surface area contributed by atoms with Gasteiger partial charge in [-0.1, -0.05) is 19.9 Å². The number of hydrogen-bond acceptors (Lipinski definition) is 4. The third-order valence-electron chi connectivity index (χ3n) is 3.58. The lowest BCUT2D eigenvalue weighted by Gasteiger charge is -2.25. The van der Waals surface area contributed by atoms with Gasteiger partial charge < -0.3 is 15.1 Å². The first-order valence-electron chi connectivity index (χ1n) is 7.23. The van der Waals surface area contributed by atoms with Gasteiger partial charge in [0, 0.05) is 30.7 Å². The number of pyridine rings is 1. The first-order valence-corrected chi connectivity index (χ1v) is 7.23. The Morgan fingerprint density at radius 1 is 1.32 bits per heavy atom. The highest BCUT2D eigenvalue weighted by Crippen LogP contribution is 2.34. The predicted molar refractivity (Wildman–Crippen MR) is 86.1 cm³/mol. The Hall–Kier alpha value is -2.56. The fourth-order valence-electron chi connectivity index (χ4n) is 2.47. The van der Waals surface area contributed by atoms with Crippen LogP contribution in [0.15, 0.2) is 36.7 Å². The molecule has 2 rings (SSSR count). The summed E-state index contributed by atoms with van der Waals surface area (Å²) in [6.07, 6.45) is 2.90. The van der Waals surface area contributed by atoms with Gasteiger partial charge in [-0.05, 0) is 30.5 Å². The third-order valence-corrected chi connectivity index (χ3v) is 3.58. The van der Waals surface area contributed by atoms with Gasteiger partial charge >= 0.3 is 5.97 Å². The second-order valence-electron chi connectivity index (χ2n) is 5.34. The smallest absolute Gasteiger partial charge is 0.339 e. The van der Waals surface area contributed by atoms with Crippen LogP contribution in [-0.4, -0.2) is 27.7 Å². The molecule has 0 aliphatic carbocycles. The lowest BCUT2D eigenvalue weighted by molar-refractivity contribution is 0.0697. The van der Waals surface area contributed by atoms with E-state index < -0.39 is 5.97 Å². The van der Waals surface area contributed by atoms with Crippen molar-refractivity contribution in [2.24, 2.45) is 0 Å². The number of hydrogen-bond donors (Lipinski definition) is 2. The molecule has 0 aliphatic rings. The summed E-state index contributed by atoms with van der Waals surface area (Å²) < 4.78 is 0. The van der Waals surface area contributed by atoms with Gasteiger partial charge in [-0.25, -0.2) is 4.79 Å². The van der Waals surface area contributed by atoms with Crippen LogP contribution >= 0.6 is 0 Å². The highest BCUT2D eigenvalue weighted by atomic mass is 16.4. The van der Waals surface area contributed by atoms with Crippen LogP contribution in [0.5, 0.6) is 5.75 Å². The highest BCUT2D eigenvalue weighted by Gasteiger charge is 2.17. The van der Waals surface area contributed by atoms with Gasteiger partial charge in [0.1, 0.15) is 11.3 Å². The molecule has 5 heteroatoms. The Bertz CT molecular complexity index is 683. The van der Waals surface area contributed by atoms with Crippen molar-refractivity contribution in [2.45, 2.75) is 26.7 Å². The van der Waals surface area contributed by atoms with E-state index in [9.17, 15) is 15.0 Å². The standard InChI is InChI=1S/C17H20N2O3/c1-4-19(15-7-8-18-10-14(15)17(21)22)12-5-6-13(11(2)3)16(20)9-12/h5-11,20H,4H2,1-3H3,(H,21,22). The molecule has 2 N–H and O–H groups in total. The number of carboxylic acid groups (broad SMARTS) is 1. The highest BCUT2D eigenvalue weighted by molar-refractivity contribution is 5.95. The number of aromatic hydroxyl groups is 1. The van der Waals surface area contributed by atoms with Crippen LogP contribution in [0.25, 0.3) is 0 Å². The largest absolute Gasteiger partial charge is 0.508 e. The van der Waals surface area contributed by atoms with E-state index in [-0.39, 0.29) is 17.2 Å². The second kappa shape index (κ2) is 6.47. The summed E-state index contributed by atoms with van der Waals surface area (Å²) in [4.78, 5) is 17.1. The normalized spacial score (nSPS) is 10.7. The zero-order chi connectivity index (χ0) is 16.3. The quantitative estimate of drug-likeness (QED) is 0.879. The molecule has 22 heavy (non-hydrogen) atoms. The number of benzene rings is 1. The Balaban J connectivity index is 2.50. The molecule has 0 saturated carbocycles. The van der Waals surface area contributed by atoms with Crippen molar-refractivity contribution in [3.8, 4) is 5.75 Å². The maximum atomic E-state index is 11.4. The topological polar surface area (TPSA) is 73.7 Å². The molecule has 0 unspecified atom stereocenters. The molecule has 0 spiro atoms. The van der Waals surface area contributed by atoms with Crippen molar-refractivity contribution >= 4 is 17.3 Å². The minimum absolute atomic E-state index is 0.136. The lowest BCUT2D eigenvalue weighted by Crippen LogP contribution is -2.19. The van der Waals surface area contributed by atoms with Gasteiger partial charge in [0.15, 0.2) is 0 Å². The average molecular weight is 300 g/mol. The Labute approximate surface area is 129 Å². The van der Waals surface area contributed by atoms with Crippen LogP contribution in [-0.2, 0) is 0 Å². The molecular weight excluding hydrogens is 280 g/mol. The average Bonchev–Trinajstić information content (AvgIpc) is 2.48. The molecule has 1 heterocycles. The summed E-state index contributed by atoms with van der Waals surface area (Å²) >= 11 is 0. The first-order chi connectivity index (χ1) is 10.5. The summed E-state index contributed by atoms with van der Waals surface area (Å²) in [7, 11) is 0. The zero-order valence-corrected chi connectivity index (χ0v) is 12.9. The minimum atomic E-state index is -1.02. The predicted octanol–water partition coefficient (Wildman–Crippen LogP) is 3.77. The molecule has 0 saturated heterocycles. The lowest BCUT2D eigenvalue weighted by atomic mass is 10.0. The molecule has 5 nitrogen and oxygen atoms in total. The molecule has 0 aliphatic heterocycles. The van der Waals surface area contributed by atoms with E-state index in [0.717, 1.165) is 11.3 Å². The number of carbonyl (C=O) groups is 1. The second-order valence-corrected chi connectivity index (χ2v) is 5.34. The van der Waals surface area contributed by atoms with Gasteiger partial charge in [-0.15, -0.1) is 0 Å². The fraction of sp³-hybridized carbons (Fsp3) is 0.294. The molecule has 1 aromatic heterocycles. The summed E-state index contributed by atoms with van der Waals surface area (Å²) in [5, 5.41) is 19.5. The number of rotatable bonds is 5. The Kier molecular flexibility index (Phi) is 4.65. The number of aromatic nitrogens is 1. The van der Waals surface area contributed by atoms with Crippen LogP contribution in [0.1, 0.15) is 42.6 Å². The van der Waals surface area contributed by atoms with Crippen molar-refractivity contribution in [3.05, 3.63) is 47.8 Å². The van der Waals surface area contributed by atoms with Gasteiger partial charge in [0.2, 0.25) is 0 Å². The van der Waals surface area contributed by atoms with Crippen LogP contribution in [0.4, 0.5) is 11.4 Å². The summed E-state index contributed by atoms with van der Waals surface area (Å²) in [5.74, 6) is -0.582. The fourth-order valence-corrected chi connectivity index (χ4v) is 2.47. The van der Waals surface area contributed by atoms with E-state index in [1.165, 1.54) is 6.20 Å². The van der Waals surface area contributed by atoms with Gasteiger partial charge in [0.05, 0.1) is 5.69 Å². The SMILES string of the molecule is CCN(c1ccc(C(C)C)c(O)c1)c1ccncc1C(=O)O. The van der Waals surface area contributed by atoms with E-state index in [1.807, 2.05) is 37.8 Å². The third kappa shape index (κ3) is 3.03. The maximum Gasteiger partial charge on any atom is 0.339 e. The van der Waals surface area contributed by atoms with E-state index in [1.54, 1.807) is 18.3 Å². The van der Waals surface area contributed by atoms with Crippen LogP contribution < -0.4 is 4.90 Å². The zero-order valence-electron chi connectivity index (χ0n) is 12.9. The van der Waals surface area contributed by atoms with E-state index in [2.05, 4.69) is 4.98 Å². The Morgan fingerprint density at radius 2 is 2.05 bits per heavy atom. The van der Waals surface area contributed by atoms with Crippen LogP contribution in [0.3, 0.4) is 0 Å². The minimum Gasteiger partial charge on any atom is -0.508 e. The summed E-state index contributed by atoms with van der Waals surface area (Å²) in [5.41, 5.74) is 2.31. The van der Waals surface area contributed by atoms with E-state index >= 15 is 0 Å². The van der Waals surface area contributed by atoms with Crippen molar-refractivity contribution in [1.29, 1.82) is 0 Å². The number of carboxylic acids is 1. The number of phenols is 1. The summed E-state index contributed by atoms with van der Waals surface area (Å²) in [6, 6.07) is 7.11. The summed E-state index contributed by atoms with van der Waals surface area (Å²) in [6.45, 7) is 6.53. The maximum absolute atomic E-state index is 11.4. The number of nitrogens with zero attached hydrogens (tertiary/aromatic N) is 2. The molecular formula is C17H20N2O3. The molecule has 2 aromatic rings. The molecule has 0 fully saturated rings. The molecule has 0 radical (unpaired) electrons. The molecule has 1 aromatic carbocycles. The van der Waals surface area contributed by atoms with Crippen molar-refractivity contribution in [3.63, 3.8) is 0 Å². The number of aromatic carboxylic acids is 1. The number of anilines is 2. The first kappa shape index (κ1) is 15.8. The monoisotopic (exact) mass is 300 g/mol. The van der Waals surface area contributed by atoms with Crippen molar-refractivity contribution < 1.29 is 15.0 Å². The Morgan fingerprint density at radius 3 is 2.59 bits per heavy atom. The van der Waals surface area contributed by atoms with Crippen LogP contribution in [0, 0.1) is 0 Å². The van der Waals surface area contributed by atoms with Crippen molar-refractivity contribution in [2.75, 3.05) is 11.4 Å². The molecule has 0 atom stereocenters. The van der Waals surface area contributed by atoms with Crippen LogP contribution in [0.2, 0.25) is 0 Å². The molecule has 116 valence electrons. The van der Waals surface area contributed by atoms with Gasteiger partial charge in [-0.3, -0.25) is 4.98 Å². The molecule has 0 bridgehead atoms.